The lowest BCUT2D eigenvalue weighted by molar-refractivity contribution is -0.107. The molecule has 1 nitrogen and oxygen atoms in total. The molecule has 3 unspecified atom stereocenters. The van der Waals surface area contributed by atoms with Crippen LogP contribution in [0.2, 0.25) is 0 Å². The maximum atomic E-state index is 5.84. The van der Waals surface area contributed by atoms with Crippen LogP contribution >= 0.6 is 0 Å². The van der Waals surface area contributed by atoms with Gasteiger partial charge in [0, 0.05) is 6.04 Å². The van der Waals surface area contributed by atoms with Crippen molar-refractivity contribution in [2.75, 3.05) is 0 Å². The highest BCUT2D eigenvalue weighted by Gasteiger charge is 2.53. The first kappa shape index (κ1) is 10.5. The molecule has 2 bridgehead atoms. The highest BCUT2D eigenvalue weighted by molar-refractivity contribution is 5.03. The van der Waals surface area contributed by atoms with Crippen molar-refractivity contribution < 1.29 is 0 Å². The molecule has 0 saturated heterocycles. The lowest BCUT2D eigenvalue weighted by Gasteiger charge is -2.60. The van der Waals surface area contributed by atoms with Gasteiger partial charge in [0.25, 0.3) is 0 Å². The predicted molar refractivity (Wildman–Crippen MR) is 61.0 cm³/mol. The predicted octanol–water partition coefficient (Wildman–Crippen LogP) is 3.19. The molecule has 0 aliphatic heterocycles. The Hall–Kier alpha value is -0.0400. The summed E-state index contributed by atoms with van der Waals surface area (Å²) in [6.45, 7) is 7.09. The molecule has 82 valence electrons. The lowest BCUT2D eigenvalue weighted by atomic mass is 9.45. The maximum Gasteiger partial charge on any atom is 0.00105 e. The Morgan fingerprint density at radius 2 is 2.07 bits per heavy atom. The lowest BCUT2D eigenvalue weighted by Crippen LogP contribution is -2.52. The van der Waals surface area contributed by atoms with Gasteiger partial charge in [-0.2, -0.15) is 0 Å². The standard InChI is InChI=1S/C13H25N/c1-9(14)4-5-10-6-7-11-8-12(10)13(11,2)3/h9-12H,4-8,14H2,1-3H3/t9-,10?,11?,12?/m0/s1. The summed E-state index contributed by atoms with van der Waals surface area (Å²) in [5.74, 6) is 3.04. The summed E-state index contributed by atoms with van der Waals surface area (Å²) in [6.07, 6.45) is 7.07. The van der Waals surface area contributed by atoms with E-state index in [1.807, 2.05) is 0 Å². The van der Waals surface area contributed by atoms with Gasteiger partial charge in [-0.15, -0.1) is 0 Å². The average molecular weight is 195 g/mol. The first-order chi connectivity index (χ1) is 6.51. The van der Waals surface area contributed by atoms with Crippen LogP contribution in [0.25, 0.3) is 0 Å². The van der Waals surface area contributed by atoms with E-state index >= 15 is 0 Å². The molecule has 0 heterocycles. The van der Waals surface area contributed by atoms with Gasteiger partial charge >= 0.3 is 0 Å². The normalized spacial score (nSPS) is 41.6. The Kier molecular flexibility index (Phi) is 2.63. The van der Waals surface area contributed by atoms with Gasteiger partial charge < -0.3 is 5.73 Å². The SMILES string of the molecule is C[C@H](N)CCC1CCC2CC1C2(C)C. The molecule has 0 radical (unpaired) electrons. The molecule has 3 aliphatic carbocycles. The van der Waals surface area contributed by atoms with Crippen molar-refractivity contribution in [1.29, 1.82) is 0 Å². The third-order valence-corrected chi connectivity index (χ3v) is 4.99. The summed E-state index contributed by atoms with van der Waals surface area (Å²) < 4.78 is 0. The van der Waals surface area contributed by atoms with Crippen molar-refractivity contribution in [2.45, 2.75) is 58.9 Å². The van der Waals surface area contributed by atoms with Crippen LogP contribution in [0.15, 0.2) is 0 Å². The summed E-state index contributed by atoms with van der Waals surface area (Å²) in [7, 11) is 0. The monoisotopic (exact) mass is 195 g/mol. The van der Waals surface area contributed by atoms with Crippen molar-refractivity contribution in [2.24, 2.45) is 28.9 Å². The Balaban J connectivity index is 1.88. The van der Waals surface area contributed by atoms with Gasteiger partial charge in [-0.1, -0.05) is 13.8 Å². The van der Waals surface area contributed by atoms with E-state index in [9.17, 15) is 0 Å². The average Bonchev–Trinajstić information content (AvgIpc) is 2.14. The number of hydrogen-bond acceptors (Lipinski definition) is 1. The highest BCUT2D eigenvalue weighted by atomic mass is 14.6. The van der Waals surface area contributed by atoms with Gasteiger partial charge in [-0.3, -0.25) is 0 Å². The van der Waals surface area contributed by atoms with E-state index in [0.717, 1.165) is 17.8 Å². The smallest absolute Gasteiger partial charge is 0.00105 e. The first-order valence-corrected chi connectivity index (χ1v) is 6.27. The van der Waals surface area contributed by atoms with Crippen molar-refractivity contribution >= 4 is 0 Å². The molecule has 2 N–H and O–H groups in total. The number of nitrogens with two attached hydrogens (primary N) is 1. The molecule has 0 aromatic heterocycles. The Morgan fingerprint density at radius 3 is 2.57 bits per heavy atom. The van der Waals surface area contributed by atoms with Gasteiger partial charge in [0.05, 0.1) is 0 Å². The molecule has 0 amide bonds. The van der Waals surface area contributed by atoms with Gasteiger partial charge in [0.1, 0.15) is 0 Å². The molecular formula is C13H25N. The van der Waals surface area contributed by atoms with Crippen molar-refractivity contribution in [3.63, 3.8) is 0 Å². The summed E-state index contributed by atoms with van der Waals surface area (Å²) in [6, 6.07) is 0.399. The topological polar surface area (TPSA) is 26.0 Å². The zero-order chi connectivity index (χ0) is 10.3. The molecule has 0 aromatic carbocycles. The van der Waals surface area contributed by atoms with Crippen LogP contribution in [0, 0.1) is 23.2 Å². The van der Waals surface area contributed by atoms with E-state index in [1.54, 1.807) is 0 Å². The zero-order valence-electron chi connectivity index (χ0n) is 9.92. The second kappa shape index (κ2) is 3.52. The maximum absolute atomic E-state index is 5.84. The minimum absolute atomic E-state index is 0.399. The van der Waals surface area contributed by atoms with E-state index in [0.29, 0.717) is 11.5 Å². The summed E-state index contributed by atoms with van der Waals surface area (Å²) in [5.41, 5.74) is 6.49. The second-order valence-corrected chi connectivity index (χ2v) is 6.25. The largest absolute Gasteiger partial charge is 0.328 e. The molecule has 3 fully saturated rings. The van der Waals surface area contributed by atoms with Gasteiger partial charge in [0.2, 0.25) is 0 Å². The third-order valence-electron chi connectivity index (χ3n) is 4.99. The van der Waals surface area contributed by atoms with Gasteiger partial charge in [-0.25, -0.2) is 0 Å². The fraction of sp³-hybridized carbons (Fsp3) is 1.00. The van der Waals surface area contributed by atoms with E-state index < -0.39 is 0 Å². The minimum Gasteiger partial charge on any atom is -0.328 e. The fourth-order valence-electron chi connectivity index (χ4n) is 3.79. The second-order valence-electron chi connectivity index (χ2n) is 6.25. The molecule has 0 aromatic rings. The molecule has 0 spiro atoms. The number of rotatable bonds is 3. The molecule has 3 aliphatic rings. The van der Waals surface area contributed by atoms with Crippen molar-refractivity contribution in [1.82, 2.24) is 0 Å². The molecule has 3 saturated carbocycles. The fourth-order valence-corrected chi connectivity index (χ4v) is 3.79. The molecule has 14 heavy (non-hydrogen) atoms. The van der Waals surface area contributed by atoms with E-state index in [-0.39, 0.29) is 0 Å². The number of hydrogen-bond donors (Lipinski definition) is 1. The van der Waals surface area contributed by atoms with E-state index in [2.05, 4.69) is 20.8 Å². The highest BCUT2D eigenvalue weighted by Crippen LogP contribution is 2.62. The molecular weight excluding hydrogens is 170 g/mol. The third kappa shape index (κ3) is 1.60. The van der Waals surface area contributed by atoms with Crippen LogP contribution in [0.1, 0.15) is 52.9 Å². The van der Waals surface area contributed by atoms with Crippen LogP contribution in [0.4, 0.5) is 0 Å². The minimum atomic E-state index is 0.399. The zero-order valence-corrected chi connectivity index (χ0v) is 9.92. The van der Waals surface area contributed by atoms with Crippen LogP contribution in [0.5, 0.6) is 0 Å². The van der Waals surface area contributed by atoms with E-state index in [4.69, 9.17) is 5.73 Å². The first-order valence-electron chi connectivity index (χ1n) is 6.27. The quantitative estimate of drug-likeness (QED) is 0.735. The van der Waals surface area contributed by atoms with Gasteiger partial charge in [-0.05, 0) is 62.2 Å². The number of fused-ring (bicyclic) bond motifs is 2. The molecule has 1 heteroatoms. The molecule has 3 rings (SSSR count). The Morgan fingerprint density at radius 1 is 1.36 bits per heavy atom. The van der Waals surface area contributed by atoms with Gasteiger partial charge in [0.15, 0.2) is 0 Å². The summed E-state index contributed by atoms with van der Waals surface area (Å²) in [5, 5.41) is 0. The van der Waals surface area contributed by atoms with Crippen LogP contribution in [-0.2, 0) is 0 Å². The van der Waals surface area contributed by atoms with Crippen LogP contribution in [-0.4, -0.2) is 6.04 Å². The Bertz CT molecular complexity index is 205. The van der Waals surface area contributed by atoms with Crippen LogP contribution < -0.4 is 5.73 Å². The van der Waals surface area contributed by atoms with E-state index in [1.165, 1.54) is 32.1 Å². The van der Waals surface area contributed by atoms with Crippen molar-refractivity contribution in [3.05, 3.63) is 0 Å². The molecule has 4 atom stereocenters. The summed E-state index contributed by atoms with van der Waals surface area (Å²) in [4.78, 5) is 0. The van der Waals surface area contributed by atoms with Crippen molar-refractivity contribution in [3.8, 4) is 0 Å². The Labute approximate surface area is 88.4 Å². The summed E-state index contributed by atoms with van der Waals surface area (Å²) >= 11 is 0. The van der Waals surface area contributed by atoms with Crippen LogP contribution in [0.3, 0.4) is 0 Å².